The zero-order valence-corrected chi connectivity index (χ0v) is 15.2. The first-order chi connectivity index (χ1) is 12.7. The van der Waals surface area contributed by atoms with Gasteiger partial charge in [0.1, 0.15) is 11.5 Å². The van der Waals surface area contributed by atoms with Crippen LogP contribution in [0.25, 0.3) is 11.5 Å². The molecule has 5 heteroatoms. The van der Waals surface area contributed by atoms with Crippen LogP contribution >= 0.6 is 0 Å². The highest BCUT2D eigenvalue weighted by atomic mass is 15.1. The Morgan fingerprint density at radius 2 is 1.81 bits per heavy atom. The highest BCUT2D eigenvalue weighted by molar-refractivity contribution is 5.67. The molecule has 1 fully saturated rings. The number of hydrogen-bond acceptors (Lipinski definition) is 5. The molecule has 4 rings (SSSR count). The van der Waals surface area contributed by atoms with Crippen molar-refractivity contribution >= 4 is 17.2 Å². The topological polar surface area (TPSA) is 53.9 Å². The maximum absolute atomic E-state index is 4.73. The van der Waals surface area contributed by atoms with Crippen molar-refractivity contribution in [2.45, 2.75) is 26.7 Å². The minimum absolute atomic E-state index is 0.645. The summed E-state index contributed by atoms with van der Waals surface area (Å²) in [5.74, 6) is 1.48. The molecule has 0 radical (unpaired) electrons. The maximum atomic E-state index is 4.73. The zero-order valence-electron chi connectivity index (χ0n) is 15.2. The van der Waals surface area contributed by atoms with E-state index in [1.54, 1.807) is 6.20 Å². The van der Waals surface area contributed by atoms with E-state index in [2.05, 4.69) is 44.5 Å². The molecule has 0 atom stereocenters. The Labute approximate surface area is 154 Å². The first-order valence-electron chi connectivity index (χ1n) is 9.09. The van der Waals surface area contributed by atoms with Crippen molar-refractivity contribution in [2.24, 2.45) is 0 Å². The van der Waals surface area contributed by atoms with Crippen LogP contribution in [0.15, 0.2) is 48.7 Å². The molecule has 1 aromatic carbocycles. The van der Waals surface area contributed by atoms with E-state index >= 15 is 0 Å². The predicted octanol–water partition coefficient (Wildman–Crippen LogP) is 4.50. The van der Waals surface area contributed by atoms with E-state index in [1.807, 2.05) is 32.0 Å². The lowest BCUT2D eigenvalue weighted by molar-refractivity contribution is 0.949. The summed E-state index contributed by atoms with van der Waals surface area (Å²) in [5.41, 5.74) is 5.10. The lowest BCUT2D eigenvalue weighted by Crippen LogP contribution is -2.17. The third-order valence-corrected chi connectivity index (χ3v) is 4.86. The average molecular weight is 345 g/mol. The van der Waals surface area contributed by atoms with Gasteiger partial charge in [0, 0.05) is 41.9 Å². The van der Waals surface area contributed by atoms with E-state index in [9.17, 15) is 0 Å². The quantitative estimate of drug-likeness (QED) is 0.754. The Morgan fingerprint density at radius 1 is 0.962 bits per heavy atom. The number of hydrogen-bond donors (Lipinski definition) is 1. The highest BCUT2D eigenvalue weighted by Gasteiger charge is 2.14. The molecule has 0 amide bonds. The monoisotopic (exact) mass is 345 g/mol. The molecule has 0 bridgehead atoms. The predicted molar refractivity (Wildman–Crippen MR) is 106 cm³/mol. The van der Waals surface area contributed by atoms with E-state index in [1.165, 1.54) is 18.5 Å². The van der Waals surface area contributed by atoms with Crippen LogP contribution in [0, 0.1) is 13.8 Å². The van der Waals surface area contributed by atoms with Gasteiger partial charge in [0.05, 0.1) is 0 Å². The van der Waals surface area contributed by atoms with Gasteiger partial charge in [-0.05, 0) is 57.0 Å². The lowest BCUT2D eigenvalue weighted by Gasteiger charge is -2.19. The van der Waals surface area contributed by atoms with Crippen molar-refractivity contribution in [3.8, 4) is 11.5 Å². The van der Waals surface area contributed by atoms with Gasteiger partial charge >= 0.3 is 0 Å². The van der Waals surface area contributed by atoms with Crippen molar-refractivity contribution in [3.63, 3.8) is 0 Å². The van der Waals surface area contributed by atoms with Gasteiger partial charge in [-0.25, -0.2) is 9.97 Å². The Kier molecular flexibility index (Phi) is 4.52. The molecule has 0 aliphatic carbocycles. The first kappa shape index (κ1) is 16.5. The van der Waals surface area contributed by atoms with Gasteiger partial charge in [0.15, 0.2) is 5.82 Å². The van der Waals surface area contributed by atoms with Crippen LogP contribution in [0.5, 0.6) is 0 Å². The second kappa shape index (κ2) is 7.12. The molecule has 3 aromatic rings. The summed E-state index contributed by atoms with van der Waals surface area (Å²) in [6.45, 7) is 6.33. The van der Waals surface area contributed by atoms with Crippen molar-refractivity contribution in [2.75, 3.05) is 23.3 Å². The van der Waals surface area contributed by atoms with Crippen LogP contribution in [-0.4, -0.2) is 28.0 Å². The summed E-state index contributed by atoms with van der Waals surface area (Å²) < 4.78 is 0. The molecule has 1 aliphatic heterocycles. The van der Waals surface area contributed by atoms with E-state index in [-0.39, 0.29) is 0 Å². The molecule has 2 aromatic heterocycles. The number of aryl methyl sites for hydroxylation is 1. The minimum atomic E-state index is 0.645. The van der Waals surface area contributed by atoms with Crippen molar-refractivity contribution in [1.29, 1.82) is 0 Å². The largest absolute Gasteiger partial charge is 0.371 e. The number of nitrogens with zero attached hydrogens (tertiary/aromatic N) is 4. The van der Waals surface area contributed by atoms with Gasteiger partial charge in [-0.2, -0.15) is 0 Å². The molecular weight excluding hydrogens is 322 g/mol. The average Bonchev–Trinajstić information content (AvgIpc) is 3.21. The number of benzene rings is 1. The summed E-state index contributed by atoms with van der Waals surface area (Å²) in [5, 5.41) is 3.48. The number of aromatic nitrogens is 3. The van der Waals surface area contributed by atoms with Crippen molar-refractivity contribution in [3.05, 3.63) is 59.9 Å². The maximum Gasteiger partial charge on any atom is 0.180 e. The fraction of sp³-hybridized carbons (Fsp3) is 0.286. The fourth-order valence-electron chi connectivity index (χ4n) is 3.25. The first-order valence-corrected chi connectivity index (χ1v) is 9.09. The number of rotatable bonds is 4. The van der Waals surface area contributed by atoms with E-state index in [0.717, 1.165) is 41.5 Å². The third-order valence-electron chi connectivity index (χ3n) is 4.86. The molecule has 1 saturated heterocycles. The summed E-state index contributed by atoms with van der Waals surface area (Å²) in [6.07, 6.45) is 4.31. The van der Waals surface area contributed by atoms with E-state index < -0.39 is 0 Å². The third kappa shape index (κ3) is 3.38. The number of anilines is 3. The molecule has 3 heterocycles. The van der Waals surface area contributed by atoms with Crippen molar-refractivity contribution < 1.29 is 0 Å². The molecule has 0 saturated carbocycles. The summed E-state index contributed by atoms with van der Waals surface area (Å²) in [7, 11) is 0. The molecule has 1 N–H and O–H groups in total. The normalized spacial score (nSPS) is 13.8. The van der Waals surface area contributed by atoms with Gasteiger partial charge in [-0.15, -0.1) is 0 Å². The van der Waals surface area contributed by atoms with Crippen molar-refractivity contribution in [1.82, 2.24) is 15.0 Å². The SMILES string of the molecule is Cc1nc(-c2ccccn2)nc(Nc2cccc(N3CCCC3)c2)c1C. The number of nitrogens with one attached hydrogen (secondary N) is 1. The van der Waals surface area contributed by atoms with Crippen LogP contribution in [0.3, 0.4) is 0 Å². The van der Waals surface area contributed by atoms with Gasteiger partial charge in [0.2, 0.25) is 0 Å². The summed E-state index contributed by atoms with van der Waals surface area (Å²) in [4.78, 5) is 16.1. The van der Waals surface area contributed by atoms with Gasteiger partial charge in [-0.1, -0.05) is 12.1 Å². The molecule has 0 spiro atoms. The summed E-state index contributed by atoms with van der Waals surface area (Å²) in [6, 6.07) is 14.3. The van der Waals surface area contributed by atoms with Gasteiger partial charge < -0.3 is 10.2 Å². The fourth-order valence-corrected chi connectivity index (χ4v) is 3.25. The van der Waals surface area contributed by atoms with Crippen LogP contribution < -0.4 is 10.2 Å². The lowest BCUT2D eigenvalue weighted by atomic mass is 10.2. The molecule has 1 aliphatic rings. The second-order valence-electron chi connectivity index (χ2n) is 6.69. The van der Waals surface area contributed by atoms with Gasteiger partial charge in [0.25, 0.3) is 0 Å². The Bertz CT molecular complexity index is 902. The molecule has 26 heavy (non-hydrogen) atoms. The van der Waals surface area contributed by atoms with Crippen LogP contribution in [-0.2, 0) is 0 Å². The van der Waals surface area contributed by atoms with Gasteiger partial charge in [-0.3, -0.25) is 4.98 Å². The zero-order chi connectivity index (χ0) is 17.9. The Morgan fingerprint density at radius 3 is 2.58 bits per heavy atom. The summed E-state index contributed by atoms with van der Waals surface area (Å²) >= 11 is 0. The molecule has 0 unspecified atom stereocenters. The standard InChI is InChI=1S/C21H23N5/c1-15-16(2)23-21(19-10-3-4-11-22-19)25-20(15)24-17-8-7-9-18(14-17)26-12-5-6-13-26/h3-4,7-11,14H,5-6,12-13H2,1-2H3,(H,23,24,25). The molecular formula is C21H23N5. The smallest absolute Gasteiger partial charge is 0.180 e. The van der Waals surface area contributed by atoms with Crippen LogP contribution in [0.4, 0.5) is 17.2 Å². The van der Waals surface area contributed by atoms with E-state index in [0.29, 0.717) is 5.82 Å². The highest BCUT2D eigenvalue weighted by Crippen LogP contribution is 2.27. The van der Waals surface area contributed by atoms with Crippen LogP contribution in [0.2, 0.25) is 0 Å². The molecule has 5 nitrogen and oxygen atoms in total. The van der Waals surface area contributed by atoms with E-state index in [4.69, 9.17) is 4.98 Å². The molecule has 132 valence electrons. The minimum Gasteiger partial charge on any atom is -0.371 e. The Hall–Kier alpha value is -2.95. The number of pyridine rings is 1. The second-order valence-corrected chi connectivity index (χ2v) is 6.69. The Balaban J connectivity index is 1.66. The van der Waals surface area contributed by atoms with Crippen LogP contribution in [0.1, 0.15) is 24.1 Å².